The first-order chi connectivity index (χ1) is 9.16. The van der Waals surface area contributed by atoms with Crippen molar-refractivity contribution in [3.63, 3.8) is 0 Å². The van der Waals surface area contributed by atoms with Gasteiger partial charge in [-0.1, -0.05) is 41.0 Å². The maximum atomic E-state index is 11.4. The van der Waals surface area contributed by atoms with Crippen molar-refractivity contribution in [1.29, 1.82) is 0 Å². The Kier molecular flexibility index (Phi) is 19.8. The molecule has 0 heterocycles. The first-order valence-electron chi connectivity index (χ1n) is 8.01. The molecule has 0 aromatic heterocycles. The van der Waals surface area contributed by atoms with Gasteiger partial charge >= 0.3 is 0 Å². The second kappa shape index (κ2) is 17.8. The van der Waals surface area contributed by atoms with Gasteiger partial charge < -0.3 is 5.32 Å². The lowest BCUT2D eigenvalue weighted by atomic mass is 10.1. The summed E-state index contributed by atoms with van der Waals surface area (Å²) in [6.07, 6.45) is 6.54. The maximum absolute atomic E-state index is 11.4. The molecule has 0 aliphatic rings. The number of carbonyl (C=O) groups is 1. The summed E-state index contributed by atoms with van der Waals surface area (Å²) in [5.41, 5.74) is 0. The Bertz CT molecular complexity index is 184. The molecule has 116 valence electrons. The van der Waals surface area contributed by atoms with E-state index in [4.69, 9.17) is 0 Å². The molecule has 0 saturated carbocycles. The zero-order chi connectivity index (χ0) is 14.9. The van der Waals surface area contributed by atoms with E-state index in [9.17, 15) is 4.79 Å². The third-order valence-corrected chi connectivity index (χ3v) is 3.86. The maximum Gasteiger partial charge on any atom is 0.219 e. The van der Waals surface area contributed by atoms with Gasteiger partial charge in [0.05, 0.1) is 0 Å². The SMILES string of the molecule is CC.CCCSCCCCCC(=O)NCCC(C)C. The Morgan fingerprint density at radius 2 is 1.79 bits per heavy atom. The molecule has 0 aromatic carbocycles. The molecular weight excluding hydrogens is 254 g/mol. The van der Waals surface area contributed by atoms with Gasteiger partial charge in [0, 0.05) is 13.0 Å². The third kappa shape index (κ3) is 20.3. The summed E-state index contributed by atoms with van der Waals surface area (Å²) in [7, 11) is 0. The van der Waals surface area contributed by atoms with E-state index in [1.807, 2.05) is 25.6 Å². The van der Waals surface area contributed by atoms with E-state index in [0.29, 0.717) is 12.3 Å². The molecule has 0 atom stereocenters. The fraction of sp³-hybridized carbons (Fsp3) is 0.938. The molecule has 3 heteroatoms. The number of carbonyl (C=O) groups excluding carboxylic acids is 1. The Hall–Kier alpha value is -0.180. The molecule has 0 unspecified atom stereocenters. The largest absolute Gasteiger partial charge is 0.356 e. The molecule has 0 radical (unpaired) electrons. The predicted molar refractivity (Wildman–Crippen MR) is 89.9 cm³/mol. The predicted octanol–water partition coefficient (Wildman–Crippen LogP) is 4.88. The van der Waals surface area contributed by atoms with Crippen molar-refractivity contribution in [1.82, 2.24) is 5.32 Å². The molecule has 0 bridgehead atoms. The van der Waals surface area contributed by atoms with Crippen LogP contribution in [0.25, 0.3) is 0 Å². The fourth-order valence-electron chi connectivity index (χ4n) is 1.50. The van der Waals surface area contributed by atoms with E-state index < -0.39 is 0 Å². The molecule has 19 heavy (non-hydrogen) atoms. The van der Waals surface area contributed by atoms with Gasteiger partial charge in [0.2, 0.25) is 5.91 Å². The van der Waals surface area contributed by atoms with E-state index >= 15 is 0 Å². The van der Waals surface area contributed by atoms with Crippen LogP contribution in [0.4, 0.5) is 0 Å². The van der Waals surface area contributed by atoms with Gasteiger partial charge in [-0.25, -0.2) is 0 Å². The average molecular weight is 290 g/mol. The summed E-state index contributed by atoms with van der Waals surface area (Å²) in [5.74, 6) is 3.43. The van der Waals surface area contributed by atoms with E-state index in [1.54, 1.807) is 0 Å². The van der Waals surface area contributed by atoms with Gasteiger partial charge in [-0.2, -0.15) is 11.8 Å². The topological polar surface area (TPSA) is 29.1 Å². The summed E-state index contributed by atoms with van der Waals surface area (Å²) in [4.78, 5) is 11.4. The van der Waals surface area contributed by atoms with Crippen molar-refractivity contribution >= 4 is 17.7 Å². The highest BCUT2D eigenvalue weighted by molar-refractivity contribution is 7.99. The standard InChI is InChI=1S/C14H29NOS.C2H6/c1-4-11-17-12-7-5-6-8-14(16)15-10-9-13(2)3;1-2/h13H,4-12H2,1-3H3,(H,15,16);1-2H3. The number of amides is 1. The highest BCUT2D eigenvalue weighted by Gasteiger charge is 2.01. The molecule has 0 saturated heterocycles. The van der Waals surface area contributed by atoms with Crippen molar-refractivity contribution in [3.05, 3.63) is 0 Å². The monoisotopic (exact) mass is 289 g/mol. The Labute approximate surface area is 125 Å². The quantitative estimate of drug-likeness (QED) is 0.549. The molecule has 0 aliphatic carbocycles. The van der Waals surface area contributed by atoms with E-state index in [2.05, 4.69) is 26.1 Å². The number of nitrogens with one attached hydrogen (secondary N) is 1. The van der Waals surface area contributed by atoms with Crippen molar-refractivity contribution in [2.45, 2.75) is 73.1 Å². The third-order valence-electron chi connectivity index (χ3n) is 2.58. The molecule has 0 spiro atoms. The lowest BCUT2D eigenvalue weighted by Crippen LogP contribution is -2.24. The molecule has 1 amide bonds. The number of hydrogen-bond acceptors (Lipinski definition) is 2. The summed E-state index contributed by atoms with van der Waals surface area (Å²) in [6, 6.07) is 0. The smallest absolute Gasteiger partial charge is 0.219 e. The number of rotatable bonds is 11. The van der Waals surface area contributed by atoms with Gasteiger partial charge in [-0.05, 0) is 43.1 Å². The van der Waals surface area contributed by atoms with Gasteiger partial charge in [0.15, 0.2) is 0 Å². The van der Waals surface area contributed by atoms with Crippen molar-refractivity contribution in [3.8, 4) is 0 Å². The number of thioether (sulfide) groups is 1. The first-order valence-corrected chi connectivity index (χ1v) is 9.16. The minimum absolute atomic E-state index is 0.229. The first kappa shape index (κ1) is 21.1. The highest BCUT2D eigenvalue weighted by Crippen LogP contribution is 2.08. The second-order valence-electron chi connectivity index (χ2n) is 4.96. The minimum atomic E-state index is 0.229. The van der Waals surface area contributed by atoms with Crippen LogP contribution in [0.3, 0.4) is 0 Å². The molecular formula is C16H35NOS. The van der Waals surface area contributed by atoms with Gasteiger partial charge in [-0.15, -0.1) is 0 Å². The lowest BCUT2D eigenvalue weighted by molar-refractivity contribution is -0.121. The van der Waals surface area contributed by atoms with Crippen LogP contribution < -0.4 is 5.32 Å². The van der Waals surface area contributed by atoms with Crippen LogP contribution in [0.5, 0.6) is 0 Å². The van der Waals surface area contributed by atoms with Crippen LogP contribution in [0.1, 0.15) is 73.1 Å². The Morgan fingerprint density at radius 3 is 2.37 bits per heavy atom. The van der Waals surface area contributed by atoms with E-state index in [1.165, 1.54) is 30.8 Å². The number of unbranched alkanes of at least 4 members (excludes halogenated alkanes) is 2. The van der Waals surface area contributed by atoms with Crippen LogP contribution in [0.2, 0.25) is 0 Å². The average Bonchev–Trinajstić information content (AvgIpc) is 2.39. The summed E-state index contributed by atoms with van der Waals surface area (Å²) in [5, 5.41) is 2.98. The molecule has 2 nitrogen and oxygen atoms in total. The molecule has 0 rings (SSSR count). The van der Waals surface area contributed by atoms with Crippen LogP contribution >= 0.6 is 11.8 Å². The molecule has 1 N–H and O–H groups in total. The van der Waals surface area contributed by atoms with Gasteiger partial charge in [0.25, 0.3) is 0 Å². The zero-order valence-electron chi connectivity index (χ0n) is 13.8. The normalized spacial score (nSPS) is 10.0. The van der Waals surface area contributed by atoms with Crippen molar-refractivity contribution < 1.29 is 4.79 Å². The number of hydrogen-bond donors (Lipinski definition) is 1. The second-order valence-corrected chi connectivity index (χ2v) is 6.18. The molecule has 0 fully saturated rings. The van der Waals surface area contributed by atoms with Crippen LogP contribution in [0, 0.1) is 5.92 Å². The van der Waals surface area contributed by atoms with Crippen LogP contribution in [-0.4, -0.2) is 24.0 Å². The van der Waals surface area contributed by atoms with Gasteiger partial charge in [0.1, 0.15) is 0 Å². The highest BCUT2D eigenvalue weighted by atomic mass is 32.2. The van der Waals surface area contributed by atoms with Crippen molar-refractivity contribution in [2.75, 3.05) is 18.1 Å². The minimum Gasteiger partial charge on any atom is -0.356 e. The van der Waals surface area contributed by atoms with E-state index in [0.717, 1.165) is 19.4 Å². The lowest BCUT2D eigenvalue weighted by Gasteiger charge is -2.07. The fourth-order valence-corrected chi connectivity index (χ4v) is 2.40. The Balaban J connectivity index is 0. The summed E-state index contributed by atoms with van der Waals surface area (Å²) < 4.78 is 0. The summed E-state index contributed by atoms with van der Waals surface area (Å²) in [6.45, 7) is 11.4. The molecule has 0 aliphatic heterocycles. The van der Waals surface area contributed by atoms with Crippen molar-refractivity contribution in [2.24, 2.45) is 5.92 Å². The summed E-state index contributed by atoms with van der Waals surface area (Å²) >= 11 is 2.03. The van der Waals surface area contributed by atoms with Crippen LogP contribution in [-0.2, 0) is 4.79 Å². The van der Waals surface area contributed by atoms with Gasteiger partial charge in [-0.3, -0.25) is 4.79 Å². The van der Waals surface area contributed by atoms with Crippen LogP contribution in [0.15, 0.2) is 0 Å². The molecule has 0 aromatic rings. The zero-order valence-corrected chi connectivity index (χ0v) is 14.6. The Morgan fingerprint density at radius 1 is 1.11 bits per heavy atom. The van der Waals surface area contributed by atoms with E-state index in [-0.39, 0.29) is 5.91 Å².